The molecule has 2 aromatic rings. The summed E-state index contributed by atoms with van der Waals surface area (Å²) in [7, 11) is 0. The Morgan fingerprint density at radius 2 is 1.79 bits per heavy atom. The van der Waals surface area contributed by atoms with Gasteiger partial charge in [0.05, 0.1) is 32.1 Å². The first-order valence-corrected chi connectivity index (χ1v) is 11.4. The van der Waals surface area contributed by atoms with Crippen molar-refractivity contribution in [3.05, 3.63) is 41.5 Å². The maximum absolute atomic E-state index is 10.1. The molecule has 10 heteroatoms. The molecule has 1 aromatic carbocycles. The van der Waals surface area contributed by atoms with Gasteiger partial charge in [-0.1, -0.05) is 18.2 Å². The number of phenolic OH excluding ortho intramolecular Hbond substituents is 1. The van der Waals surface area contributed by atoms with Crippen molar-refractivity contribution in [2.75, 3.05) is 76.1 Å². The van der Waals surface area contributed by atoms with Crippen LogP contribution in [0.1, 0.15) is 11.1 Å². The van der Waals surface area contributed by atoms with Crippen LogP contribution >= 0.6 is 0 Å². The van der Waals surface area contributed by atoms with Crippen LogP contribution in [-0.4, -0.2) is 85.7 Å². The average molecular weight is 455 g/mol. The third-order valence-electron chi connectivity index (χ3n) is 6.05. The Hall–Kier alpha value is -3.08. The zero-order chi connectivity index (χ0) is 22.5. The maximum atomic E-state index is 10.1. The van der Waals surface area contributed by atoms with Gasteiger partial charge in [-0.3, -0.25) is 15.8 Å². The summed E-state index contributed by atoms with van der Waals surface area (Å²) < 4.78 is 16.8. The van der Waals surface area contributed by atoms with Crippen LogP contribution < -0.4 is 20.5 Å². The highest BCUT2D eigenvalue weighted by Gasteiger charge is 2.19. The third-order valence-corrected chi connectivity index (χ3v) is 6.05. The number of ether oxygens (including phenoxy) is 3. The predicted octanol–water partition coefficient (Wildman–Crippen LogP) is 1.24. The molecular weight excluding hydrogens is 424 g/mol. The first-order chi connectivity index (χ1) is 16.3. The smallest absolute Gasteiger partial charge is 0.320 e. The van der Waals surface area contributed by atoms with Crippen molar-refractivity contribution in [3.63, 3.8) is 0 Å². The van der Waals surface area contributed by atoms with E-state index in [0.29, 0.717) is 43.8 Å². The molecule has 0 saturated carbocycles. The minimum atomic E-state index is 0.313. The van der Waals surface area contributed by atoms with Crippen molar-refractivity contribution in [3.8, 4) is 11.8 Å². The van der Waals surface area contributed by atoms with Crippen LogP contribution in [0.3, 0.4) is 0 Å². The quantitative estimate of drug-likeness (QED) is 0.505. The highest BCUT2D eigenvalue weighted by molar-refractivity contribution is 5.74. The number of hydrogen-bond donors (Lipinski definition) is 3. The number of phenols is 1. The fourth-order valence-electron chi connectivity index (χ4n) is 4.19. The van der Waals surface area contributed by atoms with Gasteiger partial charge in [-0.05, 0) is 12.5 Å². The Kier molecular flexibility index (Phi) is 6.75. The van der Waals surface area contributed by atoms with Crippen molar-refractivity contribution in [1.29, 1.82) is 0 Å². The van der Waals surface area contributed by atoms with Crippen LogP contribution in [0.4, 0.5) is 11.6 Å². The van der Waals surface area contributed by atoms with Crippen LogP contribution in [0.15, 0.2) is 30.3 Å². The van der Waals surface area contributed by atoms with E-state index in [0.717, 1.165) is 68.6 Å². The second kappa shape index (κ2) is 10.2. The predicted molar refractivity (Wildman–Crippen MR) is 124 cm³/mol. The Bertz CT molecular complexity index is 989. The summed E-state index contributed by atoms with van der Waals surface area (Å²) in [5.41, 5.74) is 9.23. The molecular formula is C23H30N6O4. The molecule has 0 atom stereocenters. The van der Waals surface area contributed by atoms with Crippen LogP contribution in [0.5, 0.6) is 11.8 Å². The monoisotopic (exact) mass is 454 g/mol. The van der Waals surface area contributed by atoms with Crippen molar-refractivity contribution in [2.24, 2.45) is 0 Å². The van der Waals surface area contributed by atoms with Gasteiger partial charge in [0, 0.05) is 49.9 Å². The fourth-order valence-corrected chi connectivity index (χ4v) is 4.19. The van der Waals surface area contributed by atoms with Crippen LogP contribution in [0.2, 0.25) is 0 Å². The lowest BCUT2D eigenvalue weighted by Gasteiger charge is -2.28. The molecule has 0 radical (unpaired) electrons. The van der Waals surface area contributed by atoms with Gasteiger partial charge < -0.3 is 24.2 Å². The SMILES string of the molecule is Oc1cccc2c1CC=C2NNc1cc(N2CCOCC2)nc(OCCN2CCOCC2)n1. The van der Waals surface area contributed by atoms with Gasteiger partial charge in [0.25, 0.3) is 0 Å². The fraction of sp³-hybridized carbons (Fsp3) is 0.478. The number of nitrogens with zero attached hydrogens (tertiary/aromatic N) is 4. The van der Waals surface area contributed by atoms with Gasteiger partial charge in [0.15, 0.2) is 5.82 Å². The molecule has 176 valence electrons. The topological polar surface area (TPSA) is 104 Å². The van der Waals surface area contributed by atoms with E-state index in [1.54, 1.807) is 6.07 Å². The second-order valence-corrected chi connectivity index (χ2v) is 8.17. The van der Waals surface area contributed by atoms with E-state index in [4.69, 9.17) is 14.2 Å². The highest BCUT2D eigenvalue weighted by atomic mass is 16.5. The Morgan fingerprint density at radius 1 is 1.00 bits per heavy atom. The summed E-state index contributed by atoms with van der Waals surface area (Å²) in [4.78, 5) is 13.7. The third kappa shape index (κ3) is 5.29. The zero-order valence-corrected chi connectivity index (χ0v) is 18.6. The lowest BCUT2D eigenvalue weighted by atomic mass is 10.1. The molecule has 0 unspecified atom stereocenters. The van der Waals surface area contributed by atoms with E-state index in [-0.39, 0.29) is 0 Å². The summed E-state index contributed by atoms with van der Waals surface area (Å²) in [6.07, 6.45) is 2.73. The van der Waals surface area contributed by atoms with Gasteiger partial charge in [0.2, 0.25) is 0 Å². The van der Waals surface area contributed by atoms with Crippen LogP contribution in [-0.2, 0) is 15.9 Å². The summed E-state index contributed by atoms with van der Waals surface area (Å²) in [5, 5.41) is 10.1. The molecule has 1 aromatic heterocycles. The first-order valence-electron chi connectivity index (χ1n) is 11.4. The Balaban J connectivity index is 1.27. The summed E-state index contributed by atoms with van der Waals surface area (Å²) in [6.45, 7) is 7.57. The van der Waals surface area contributed by atoms with Gasteiger partial charge in [-0.15, -0.1) is 0 Å². The van der Waals surface area contributed by atoms with E-state index < -0.39 is 0 Å². The molecule has 5 rings (SSSR count). The molecule has 1 aliphatic carbocycles. The van der Waals surface area contributed by atoms with Crippen LogP contribution in [0, 0.1) is 0 Å². The van der Waals surface area contributed by atoms with E-state index >= 15 is 0 Å². The van der Waals surface area contributed by atoms with Gasteiger partial charge in [-0.25, -0.2) is 0 Å². The normalized spacial score (nSPS) is 18.5. The Labute approximate surface area is 193 Å². The maximum Gasteiger partial charge on any atom is 0.320 e. The lowest BCUT2D eigenvalue weighted by molar-refractivity contribution is 0.0317. The number of allylic oxidation sites excluding steroid dienone is 1. The molecule has 0 amide bonds. The molecule has 10 nitrogen and oxygen atoms in total. The molecule has 3 aliphatic rings. The molecule has 2 fully saturated rings. The van der Waals surface area contributed by atoms with E-state index in [1.165, 1.54) is 0 Å². The molecule has 0 spiro atoms. The van der Waals surface area contributed by atoms with Gasteiger partial charge >= 0.3 is 6.01 Å². The number of rotatable bonds is 8. The van der Waals surface area contributed by atoms with E-state index in [1.807, 2.05) is 24.3 Å². The standard InChI is InChI=1S/C23H30N6O4/c30-20-3-1-2-17-18(20)4-5-19(17)26-27-21-16-22(29-9-13-32-14-10-29)25-23(24-21)33-15-8-28-6-11-31-12-7-28/h1-3,5,16,26,30H,4,6-15H2,(H,24,25,27). The molecule has 3 N–H and O–H groups in total. The van der Waals surface area contributed by atoms with Gasteiger partial charge in [-0.2, -0.15) is 9.97 Å². The molecule has 0 bridgehead atoms. The Morgan fingerprint density at radius 3 is 2.61 bits per heavy atom. The minimum absolute atomic E-state index is 0.313. The van der Waals surface area contributed by atoms with Crippen molar-refractivity contribution in [1.82, 2.24) is 20.3 Å². The number of morpholine rings is 2. The number of anilines is 2. The van der Waals surface area contributed by atoms with Crippen molar-refractivity contribution >= 4 is 17.3 Å². The summed E-state index contributed by atoms with van der Waals surface area (Å²) in [5.74, 6) is 1.73. The number of hydrazine groups is 1. The number of aromatic hydroxyl groups is 1. The highest BCUT2D eigenvalue weighted by Crippen LogP contribution is 2.32. The molecule has 3 heterocycles. The summed E-state index contributed by atoms with van der Waals surface area (Å²) in [6, 6.07) is 7.79. The molecule has 33 heavy (non-hydrogen) atoms. The summed E-state index contributed by atoms with van der Waals surface area (Å²) >= 11 is 0. The number of aromatic nitrogens is 2. The van der Waals surface area contributed by atoms with E-state index in [9.17, 15) is 5.11 Å². The number of benzene rings is 1. The lowest BCUT2D eigenvalue weighted by Crippen LogP contribution is -2.39. The number of hydrogen-bond acceptors (Lipinski definition) is 10. The number of nitrogens with one attached hydrogen (secondary N) is 2. The average Bonchev–Trinajstić information content (AvgIpc) is 3.28. The second-order valence-electron chi connectivity index (χ2n) is 8.17. The molecule has 2 saturated heterocycles. The van der Waals surface area contributed by atoms with Crippen molar-refractivity contribution in [2.45, 2.75) is 6.42 Å². The first kappa shape index (κ1) is 21.7. The van der Waals surface area contributed by atoms with E-state index in [2.05, 4.69) is 30.6 Å². The van der Waals surface area contributed by atoms with Crippen molar-refractivity contribution < 1.29 is 19.3 Å². The van der Waals surface area contributed by atoms with Crippen LogP contribution in [0.25, 0.3) is 5.70 Å². The minimum Gasteiger partial charge on any atom is -0.508 e. The zero-order valence-electron chi connectivity index (χ0n) is 18.6. The largest absolute Gasteiger partial charge is 0.508 e. The number of fused-ring (bicyclic) bond motifs is 1. The van der Waals surface area contributed by atoms with Gasteiger partial charge in [0.1, 0.15) is 18.2 Å². The molecule has 2 aliphatic heterocycles.